The van der Waals surface area contributed by atoms with Gasteiger partial charge in [0.25, 0.3) is 0 Å². The zero-order valence-electron chi connectivity index (χ0n) is 13.1. The summed E-state index contributed by atoms with van der Waals surface area (Å²) in [7, 11) is 1.71. The molecule has 2 rings (SSSR count). The van der Waals surface area contributed by atoms with Crippen LogP contribution in [0.1, 0.15) is 38.1 Å². The summed E-state index contributed by atoms with van der Waals surface area (Å²) in [6, 6.07) is 8.28. The predicted molar refractivity (Wildman–Crippen MR) is 84.4 cm³/mol. The summed E-state index contributed by atoms with van der Waals surface area (Å²) in [6.07, 6.45) is 6.09. The van der Waals surface area contributed by atoms with E-state index in [-0.39, 0.29) is 11.6 Å². The van der Waals surface area contributed by atoms with Crippen LogP contribution < -0.4 is 10.1 Å². The fourth-order valence-corrected chi connectivity index (χ4v) is 2.57. The molecule has 1 aromatic heterocycles. The van der Waals surface area contributed by atoms with Crippen LogP contribution >= 0.6 is 0 Å². The molecule has 0 radical (unpaired) electrons. The third kappa shape index (κ3) is 4.26. The van der Waals surface area contributed by atoms with E-state index in [1.807, 2.05) is 18.2 Å². The third-order valence-electron chi connectivity index (χ3n) is 3.46. The van der Waals surface area contributed by atoms with Crippen LogP contribution in [0.3, 0.4) is 0 Å². The van der Waals surface area contributed by atoms with Gasteiger partial charge >= 0.3 is 0 Å². The number of methoxy groups -OCH3 is 1. The van der Waals surface area contributed by atoms with Crippen LogP contribution in [0.15, 0.2) is 42.9 Å². The second-order valence-electron chi connectivity index (χ2n) is 5.87. The minimum atomic E-state index is -0.0778. The molecule has 112 valence electrons. The Balaban J connectivity index is 2.08. The summed E-state index contributed by atoms with van der Waals surface area (Å²) in [4.78, 5) is 8.48. The van der Waals surface area contributed by atoms with Crippen molar-refractivity contribution in [1.29, 1.82) is 0 Å². The van der Waals surface area contributed by atoms with E-state index in [0.717, 1.165) is 17.9 Å². The Hall–Kier alpha value is -1.94. The van der Waals surface area contributed by atoms with E-state index in [4.69, 9.17) is 4.74 Å². The average molecular weight is 285 g/mol. The van der Waals surface area contributed by atoms with Crippen molar-refractivity contribution in [1.82, 2.24) is 15.3 Å². The molecule has 1 aromatic carbocycles. The van der Waals surface area contributed by atoms with E-state index in [9.17, 15) is 0 Å². The first-order valence-electron chi connectivity index (χ1n) is 7.17. The van der Waals surface area contributed by atoms with Crippen molar-refractivity contribution < 1.29 is 4.74 Å². The third-order valence-corrected chi connectivity index (χ3v) is 3.46. The molecule has 0 aliphatic heterocycles. The SMILES string of the molecule is COc1ccccc1CC(C)(C)N[C@@H](C)c1cnccn1. The van der Waals surface area contributed by atoms with Gasteiger partial charge in [0.05, 0.1) is 12.8 Å². The van der Waals surface area contributed by atoms with Crippen molar-refractivity contribution in [3.63, 3.8) is 0 Å². The largest absolute Gasteiger partial charge is 0.496 e. The first-order chi connectivity index (χ1) is 10.0. The zero-order valence-corrected chi connectivity index (χ0v) is 13.1. The van der Waals surface area contributed by atoms with E-state index in [1.54, 1.807) is 25.7 Å². The first-order valence-corrected chi connectivity index (χ1v) is 7.17. The lowest BCUT2D eigenvalue weighted by Crippen LogP contribution is -2.43. The number of ether oxygens (including phenoxy) is 1. The summed E-state index contributed by atoms with van der Waals surface area (Å²) in [5.74, 6) is 0.930. The van der Waals surface area contributed by atoms with Crippen molar-refractivity contribution in [2.75, 3.05) is 7.11 Å². The lowest BCUT2D eigenvalue weighted by molar-refractivity contribution is 0.334. The number of nitrogens with one attached hydrogen (secondary N) is 1. The fraction of sp³-hybridized carbons (Fsp3) is 0.412. The van der Waals surface area contributed by atoms with Crippen LogP contribution in [-0.2, 0) is 6.42 Å². The van der Waals surface area contributed by atoms with E-state index < -0.39 is 0 Å². The monoisotopic (exact) mass is 285 g/mol. The molecule has 0 fully saturated rings. The Labute approximate surface area is 126 Å². The molecule has 4 nitrogen and oxygen atoms in total. The molecule has 0 saturated heterocycles. The maximum Gasteiger partial charge on any atom is 0.122 e. The average Bonchev–Trinajstić information content (AvgIpc) is 2.47. The number of benzene rings is 1. The quantitative estimate of drug-likeness (QED) is 0.885. The Morgan fingerprint density at radius 3 is 2.67 bits per heavy atom. The number of rotatable bonds is 6. The minimum Gasteiger partial charge on any atom is -0.496 e. The molecule has 0 bridgehead atoms. The molecular formula is C17H23N3O. The van der Waals surface area contributed by atoms with E-state index in [1.165, 1.54) is 5.56 Å². The highest BCUT2D eigenvalue weighted by Gasteiger charge is 2.23. The Bertz CT molecular complexity index is 569. The highest BCUT2D eigenvalue weighted by atomic mass is 16.5. The van der Waals surface area contributed by atoms with Gasteiger partial charge in [-0.3, -0.25) is 9.97 Å². The Morgan fingerprint density at radius 1 is 1.24 bits per heavy atom. The molecule has 1 heterocycles. The van der Waals surface area contributed by atoms with Gasteiger partial charge in [-0.05, 0) is 38.8 Å². The molecule has 0 unspecified atom stereocenters. The molecule has 0 saturated carbocycles. The van der Waals surface area contributed by atoms with E-state index in [0.29, 0.717) is 0 Å². The molecule has 0 aliphatic carbocycles. The van der Waals surface area contributed by atoms with Gasteiger partial charge in [0.15, 0.2) is 0 Å². The summed E-state index contributed by atoms with van der Waals surface area (Å²) in [6.45, 7) is 6.48. The maximum absolute atomic E-state index is 5.43. The lowest BCUT2D eigenvalue weighted by atomic mass is 9.93. The summed E-state index contributed by atoms with van der Waals surface area (Å²) >= 11 is 0. The van der Waals surface area contributed by atoms with Crippen LogP contribution in [0.25, 0.3) is 0 Å². The molecule has 0 amide bonds. The molecule has 1 atom stereocenters. The Kier molecular flexibility index (Phi) is 4.91. The molecule has 0 aliphatic rings. The van der Waals surface area contributed by atoms with Crippen molar-refractivity contribution in [3.8, 4) is 5.75 Å². The van der Waals surface area contributed by atoms with Crippen molar-refractivity contribution in [2.45, 2.75) is 38.8 Å². The standard InChI is InChI=1S/C17H23N3O/c1-13(15-12-18-9-10-19-15)20-17(2,3)11-14-7-5-6-8-16(14)21-4/h5-10,12-13,20H,11H2,1-4H3/t13-/m0/s1. The van der Waals surface area contributed by atoms with Crippen molar-refractivity contribution in [3.05, 3.63) is 54.1 Å². The van der Waals surface area contributed by atoms with Gasteiger partial charge in [-0.2, -0.15) is 0 Å². The smallest absolute Gasteiger partial charge is 0.122 e. The maximum atomic E-state index is 5.43. The minimum absolute atomic E-state index is 0.0778. The molecular weight excluding hydrogens is 262 g/mol. The Morgan fingerprint density at radius 2 is 2.00 bits per heavy atom. The number of hydrogen-bond donors (Lipinski definition) is 1. The molecule has 4 heteroatoms. The summed E-state index contributed by atoms with van der Waals surface area (Å²) < 4.78 is 5.43. The zero-order chi connectivity index (χ0) is 15.3. The van der Waals surface area contributed by atoms with Crippen LogP contribution in [-0.4, -0.2) is 22.6 Å². The van der Waals surface area contributed by atoms with Gasteiger partial charge < -0.3 is 10.1 Å². The second kappa shape index (κ2) is 6.68. The molecule has 0 spiro atoms. The van der Waals surface area contributed by atoms with E-state index in [2.05, 4.69) is 42.1 Å². The highest BCUT2D eigenvalue weighted by Crippen LogP contribution is 2.24. The lowest BCUT2D eigenvalue weighted by Gasteiger charge is -2.30. The van der Waals surface area contributed by atoms with Crippen molar-refractivity contribution in [2.24, 2.45) is 0 Å². The topological polar surface area (TPSA) is 47.0 Å². The first kappa shape index (κ1) is 15.4. The number of nitrogens with zero attached hydrogens (tertiary/aromatic N) is 2. The summed E-state index contributed by atoms with van der Waals surface area (Å²) in [5.41, 5.74) is 2.07. The normalized spacial score (nSPS) is 13.0. The molecule has 1 N–H and O–H groups in total. The van der Waals surface area contributed by atoms with Crippen LogP contribution in [0.4, 0.5) is 0 Å². The fourth-order valence-electron chi connectivity index (χ4n) is 2.57. The van der Waals surface area contributed by atoms with E-state index >= 15 is 0 Å². The van der Waals surface area contributed by atoms with Gasteiger partial charge in [-0.1, -0.05) is 18.2 Å². The highest BCUT2D eigenvalue weighted by molar-refractivity contribution is 5.34. The number of para-hydroxylation sites is 1. The van der Waals surface area contributed by atoms with Gasteiger partial charge in [-0.25, -0.2) is 0 Å². The number of hydrogen-bond acceptors (Lipinski definition) is 4. The van der Waals surface area contributed by atoms with Gasteiger partial charge in [0.1, 0.15) is 5.75 Å². The van der Waals surface area contributed by atoms with Crippen LogP contribution in [0.2, 0.25) is 0 Å². The predicted octanol–water partition coefficient (Wildman–Crippen LogP) is 3.16. The van der Waals surface area contributed by atoms with Gasteiger partial charge in [-0.15, -0.1) is 0 Å². The van der Waals surface area contributed by atoms with Gasteiger partial charge in [0.2, 0.25) is 0 Å². The number of aromatic nitrogens is 2. The summed E-state index contributed by atoms with van der Waals surface area (Å²) in [5, 5.41) is 3.61. The molecule has 21 heavy (non-hydrogen) atoms. The second-order valence-corrected chi connectivity index (χ2v) is 5.87. The van der Waals surface area contributed by atoms with Crippen LogP contribution in [0.5, 0.6) is 5.75 Å². The molecule has 2 aromatic rings. The van der Waals surface area contributed by atoms with Gasteiger partial charge in [0, 0.05) is 30.2 Å². The van der Waals surface area contributed by atoms with Crippen molar-refractivity contribution >= 4 is 0 Å². The van der Waals surface area contributed by atoms with Crippen LogP contribution in [0, 0.1) is 0 Å².